The fraction of sp³-hybridized carbons (Fsp3) is 0.250. The Morgan fingerprint density at radius 3 is 2.27 bits per heavy atom. The Kier molecular flexibility index (Phi) is 6.49. The molecule has 0 aromatic heterocycles. The number of para-hydroxylation sites is 1. The molecule has 0 unspecified atom stereocenters. The van der Waals surface area contributed by atoms with Crippen molar-refractivity contribution < 1.29 is 23.9 Å². The average molecular weight is 355 g/mol. The first kappa shape index (κ1) is 19.2. The van der Waals surface area contributed by atoms with Gasteiger partial charge in [0, 0.05) is 11.3 Å². The van der Waals surface area contributed by atoms with Crippen LogP contribution in [0, 0.1) is 13.8 Å². The molecule has 0 aliphatic carbocycles. The molecule has 0 aliphatic rings. The van der Waals surface area contributed by atoms with Gasteiger partial charge >= 0.3 is 5.97 Å². The van der Waals surface area contributed by atoms with E-state index in [9.17, 15) is 14.4 Å². The maximum atomic E-state index is 11.9. The van der Waals surface area contributed by atoms with Crippen molar-refractivity contribution in [1.82, 2.24) is 0 Å². The van der Waals surface area contributed by atoms with Gasteiger partial charge in [0.2, 0.25) is 0 Å². The Morgan fingerprint density at radius 1 is 0.962 bits per heavy atom. The van der Waals surface area contributed by atoms with Gasteiger partial charge in [0.1, 0.15) is 5.75 Å². The predicted octanol–water partition coefficient (Wildman–Crippen LogP) is 3.07. The summed E-state index contributed by atoms with van der Waals surface area (Å²) in [5, 5.41) is 2.58. The first-order valence-corrected chi connectivity index (χ1v) is 8.12. The minimum absolute atomic E-state index is 0.101. The third-order valence-corrected chi connectivity index (χ3v) is 3.66. The molecule has 0 radical (unpaired) electrons. The molecule has 6 nitrogen and oxygen atoms in total. The first-order valence-electron chi connectivity index (χ1n) is 8.12. The summed E-state index contributed by atoms with van der Waals surface area (Å²) in [6.07, 6.45) is 0. The number of hydrogen-bond acceptors (Lipinski definition) is 5. The second kappa shape index (κ2) is 8.80. The van der Waals surface area contributed by atoms with Gasteiger partial charge in [-0.2, -0.15) is 0 Å². The standard InChI is InChI=1S/C20H21NO5/c1-13-6-4-7-14(2)20(13)26-12-19(24)25-11-18(23)21-17-9-5-8-16(10-17)15(3)22/h4-10H,11-12H2,1-3H3,(H,21,23). The van der Waals surface area contributed by atoms with Gasteiger partial charge in [0.15, 0.2) is 19.0 Å². The Hall–Kier alpha value is -3.15. The summed E-state index contributed by atoms with van der Waals surface area (Å²) in [5.74, 6) is -0.600. The van der Waals surface area contributed by atoms with Crippen LogP contribution in [0.15, 0.2) is 42.5 Å². The van der Waals surface area contributed by atoms with Crippen molar-refractivity contribution in [2.45, 2.75) is 20.8 Å². The number of hydrogen-bond donors (Lipinski definition) is 1. The van der Waals surface area contributed by atoms with E-state index in [1.165, 1.54) is 6.92 Å². The predicted molar refractivity (Wildman–Crippen MR) is 97.4 cm³/mol. The lowest BCUT2D eigenvalue weighted by Gasteiger charge is -2.11. The van der Waals surface area contributed by atoms with Gasteiger partial charge < -0.3 is 14.8 Å². The number of amides is 1. The van der Waals surface area contributed by atoms with Crippen molar-refractivity contribution in [3.63, 3.8) is 0 Å². The lowest BCUT2D eigenvalue weighted by Crippen LogP contribution is -2.24. The number of ketones is 1. The molecule has 26 heavy (non-hydrogen) atoms. The van der Waals surface area contributed by atoms with Gasteiger partial charge in [0.25, 0.3) is 5.91 Å². The second-order valence-corrected chi connectivity index (χ2v) is 5.86. The summed E-state index contributed by atoms with van der Waals surface area (Å²) in [6, 6.07) is 12.2. The number of nitrogens with one attached hydrogen (secondary N) is 1. The molecule has 2 rings (SSSR count). The Bertz CT molecular complexity index is 808. The molecular formula is C20H21NO5. The fourth-order valence-corrected chi connectivity index (χ4v) is 2.36. The number of carbonyl (C=O) groups excluding carboxylic acids is 3. The lowest BCUT2D eigenvalue weighted by molar-refractivity contribution is -0.149. The van der Waals surface area contributed by atoms with Crippen molar-refractivity contribution in [2.75, 3.05) is 18.5 Å². The number of rotatable bonds is 7. The summed E-state index contributed by atoms with van der Waals surface area (Å²) >= 11 is 0. The molecule has 0 bridgehead atoms. The van der Waals surface area contributed by atoms with Crippen LogP contribution in [0.25, 0.3) is 0 Å². The largest absolute Gasteiger partial charge is 0.481 e. The van der Waals surface area contributed by atoms with E-state index >= 15 is 0 Å². The zero-order valence-electron chi connectivity index (χ0n) is 15.0. The van der Waals surface area contributed by atoms with Crippen molar-refractivity contribution in [1.29, 1.82) is 0 Å². The molecule has 136 valence electrons. The Morgan fingerprint density at radius 2 is 1.62 bits per heavy atom. The number of benzene rings is 2. The molecule has 1 N–H and O–H groups in total. The molecular weight excluding hydrogens is 334 g/mol. The van der Waals surface area contributed by atoms with Crippen molar-refractivity contribution in [3.05, 3.63) is 59.2 Å². The number of aryl methyl sites for hydroxylation is 2. The van der Waals surface area contributed by atoms with Crippen molar-refractivity contribution >= 4 is 23.3 Å². The van der Waals surface area contributed by atoms with Crippen LogP contribution in [0.5, 0.6) is 5.75 Å². The maximum absolute atomic E-state index is 11.9. The van der Waals surface area contributed by atoms with Gasteiger partial charge in [-0.3, -0.25) is 9.59 Å². The summed E-state index contributed by atoms with van der Waals surface area (Å²) < 4.78 is 10.4. The van der Waals surface area contributed by atoms with Crippen LogP contribution in [-0.4, -0.2) is 30.9 Å². The van der Waals surface area contributed by atoms with Crippen LogP contribution in [0.1, 0.15) is 28.4 Å². The van der Waals surface area contributed by atoms with Crippen molar-refractivity contribution in [2.24, 2.45) is 0 Å². The number of anilines is 1. The Balaban J connectivity index is 1.81. The third-order valence-electron chi connectivity index (χ3n) is 3.66. The molecule has 2 aromatic rings. The van der Waals surface area contributed by atoms with E-state index in [0.717, 1.165) is 11.1 Å². The molecule has 0 aliphatic heterocycles. The van der Waals surface area contributed by atoms with Crippen LogP contribution in [0.4, 0.5) is 5.69 Å². The fourth-order valence-electron chi connectivity index (χ4n) is 2.36. The molecule has 6 heteroatoms. The van der Waals surface area contributed by atoms with E-state index < -0.39 is 18.5 Å². The topological polar surface area (TPSA) is 81.7 Å². The van der Waals surface area contributed by atoms with E-state index in [1.54, 1.807) is 24.3 Å². The molecule has 0 heterocycles. The van der Waals surface area contributed by atoms with Crippen LogP contribution < -0.4 is 10.1 Å². The molecule has 0 fully saturated rings. The molecule has 0 saturated heterocycles. The second-order valence-electron chi connectivity index (χ2n) is 5.86. The van der Waals surface area contributed by atoms with E-state index in [0.29, 0.717) is 17.0 Å². The van der Waals surface area contributed by atoms with E-state index in [1.807, 2.05) is 32.0 Å². The summed E-state index contributed by atoms with van der Waals surface area (Å²) in [7, 11) is 0. The summed E-state index contributed by atoms with van der Waals surface area (Å²) in [4.78, 5) is 35.0. The van der Waals surface area contributed by atoms with Gasteiger partial charge in [-0.05, 0) is 44.0 Å². The van der Waals surface area contributed by atoms with E-state index in [2.05, 4.69) is 5.32 Å². The minimum Gasteiger partial charge on any atom is -0.481 e. The monoisotopic (exact) mass is 355 g/mol. The smallest absolute Gasteiger partial charge is 0.344 e. The molecule has 0 saturated carbocycles. The van der Waals surface area contributed by atoms with Gasteiger partial charge in [0.05, 0.1) is 0 Å². The molecule has 1 amide bonds. The third kappa shape index (κ3) is 5.44. The van der Waals surface area contributed by atoms with Gasteiger partial charge in [-0.25, -0.2) is 4.79 Å². The highest BCUT2D eigenvalue weighted by Crippen LogP contribution is 2.22. The van der Waals surface area contributed by atoms with Gasteiger partial charge in [-0.1, -0.05) is 30.3 Å². The van der Waals surface area contributed by atoms with Crippen LogP contribution in [0.2, 0.25) is 0 Å². The van der Waals surface area contributed by atoms with Crippen molar-refractivity contribution in [3.8, 4) is 5.75 Å². The summed E-state index contributed by atoms with van der Waals surface area (Å²) in [6.45, 7) is 4.50. The quantitative estimate of drug-likeness (QED) is 0.610. The molecule has 0 spiro atoms. The minimum atomic E-state index is -0.639. The maximum Gasteiger partial charge on any atom is 0.344 e. The van der Waals surface area contributed by atoms with E-state index in [4.69, 9.17) is 9.47 Å². The number of Topliss-reactive ketones (excluding diaryl/α,β-unsaturated/α-hetero) is 1. The summed E-state index contributed by atoms with van der Waals surface area (Å²) in [5.41, 5.74) is 2.79. The lowest BCUT2D eigenvalue weighted by atomic mass is 10.1. The zero-order valence-corrected chi connectivity index (χ0v) is 15.0. The molecule has 2 aromatic carbocycles. The van der Waals surface area contributed by atoms with Crippen LogP contribution in [0.3, 0.4) is 0 Å². The van der Waals surface area contributed by atoms with Gasteiger partial charge in [-0.15, -0.1) is 0 Å². The number of ether oxygens (including phenoxy) is 2. The van der Waals surface area contributed by atoms with Crippen LogP contribution in [-0.2, 0) is 14.3 Å². The average Bonchev–Trinajstić information content (AvgIpc) is 2.59. The van der Waals surface area contributed by atoms with E-state index in [-0.39, 0.29) is 12.4 Å². The number of esters is 1. The zero-order chi connectivity index (χ0) is 19.1. The Labute approximate surface area is 152 Å². The highest BCUT2D eigenvalue weighted by Gasteiger charge is 2.11. The molecule has 0 atom stereocenters. The SMILES string of the molecule is CC(=O)c1cccc(NC(=O)COC(=O)COc2c(C)cccc2C)c1. The van der Waals surface area contributed by atoms with Crippen LogP contribution >= 0.6 is 0 Å². The number of carbonyl (C=O) groups is 3. The first-order chi connectivity index (χ1) is 12.4. The highest BCUT2D eigenvalue weighted by molar-refractivity contribution is 5.97. The highest BCUT2D eigenvalue weighted by atomic mass is 16.6. The normalized spacial score (nSPS) is 10.1.